The van der Waals surface area contributed by atoms with Crippen LogP contribution in [0.2, 0.25) is 0 Å². The molecule has 5 aromatic rings. The number of nitrogens with zero attached hydrogens (tertiary/aromatic N) is 4. The Morgan fingerprint density at radius 3 is 1.16 bits per heavy atom. The molecule has 0 atom stereocenters. The standard InChI is InChI=1S/C36H14F2N4S/c37-25-7-1-19(2-8-25)21-5-11-27-29(13-21)31(23(15-39)16-40)35-33(27)34-28-12-6-22(20-3-9-26(38)10-4-20)14-30(28)32(36(34)43-35)24(17-41)18-42/h1-14H. The molecule has 0 unspecified atom stereocenters. The van der Waals surface area contributed by atoms with Gasteiger partial charge in [-0.1, -0.05) is 48.5 Å². The first-order chi connectivity index (χ1) is 21.0. The Bertz CT molecular complexity index is 2090. The number of hydrogen-bond acceptors (Lipinski definition) is 5. The summed E-state index contributed by atoms with van der Waals surface area (Å²) in [6, 6.07) is 31.9. The maximum Gasteiger partial charge on any atom is 0.138 e. The minimum absolute atomic E-state index is 0.0469. The molecule has 0 bridgehead atoms. The van der Waals surface area contributed by atoms with Crippen molar-refractivity contribution in [2.75, 3.05) is 0 Å². The van der Waals surface area contributed by atoms with Crippen molar-refractivity contribution in [2.45, 2.75) is 0 Å². The van der Waals surface area contributed by atoms with E-state index < -0.39 is 0 Å². The lowest BCUT2D eigenvalue weighted by atomic mass is 9.94. The van der Waals surface area contributed by atoms with E-state index >= 15 is 0 Å². The molecular formula is C36H14F2N4S. The third kappa shape index (κ3) is 3.82. The summed E-state index contributed by atoms with van der Waals surface area (Å²) in [6.45, 7) is 0. The van der Waals surface area contributed by atoms with Crippen LogP contribution in [0.1, 0.15) is 20.9 Å². The molecule has 4 aromatic carbocycles. The Kier molecular flexibility index (Phi) is 5.86. The summed E-state index contributed by atoms with van der Waals surface area (Å²) < 4.78 is 27.2. The van der Waals surface area contributed by atoms with Gasteiger partial charge in [-0.25, -0.2) is 8.78 Å². The molecular weight excluding hydrogens is 558 g/mol. The Morgan fingerprint density at radius 1 is 0.465 bits per heavy atom. The lowest BCUT2D eigenvalue weighted by molar-refractivity contribution is 0.627. The van der Waals surface area contributed by atoms with E-state index in [-0.39, 0.29) is 22.8 Å². The number of allylic oxidation sites excluding steroid dienone is 2. The first kappa shape index (κ1) is 25.8. The quantitative estimate of drug-likeness (QED) is 0.193. The summed E-state index contributed by atoms with van der Waals surface area (Å²) >= 11 is 1.35. The zero-order valence-corrected chi connectivity index (χ0v) is 22.9. The lowest BCUT2D eigenvalue weighted by Gasteiger charge is -2.09. The summed E-state index contributed by atoms with van der Waals surface area (Å²) in [5, 5.41) is 39.8. The molecule has 2 aliphatic carbocycles. The Balaban J connectivity index is 1.52. The van der Waals surface area contributed by atoms with E-state index in [2.05, 4.69) is 0 Å². The van der Waals surface area contributed by atoms with Gasteiger partial charge in [-0.05, 0) is 80.9 Å². The highest BCUT2D eigenvalue weighted by Gasteiger charge is 2.39. The molecule has 43 heavy (non-hydrogen) atoms. The van der Waals surface area contributed by atoms with E-state index in [0.717, 1.165) is 54.3 Å². The summed E-state index contributed by atoms with van der Waals surface area (Å²) in [7, 11) is 0. The van der Waals surface area contributed by atoms with Gasteiger partial charge in [0.15, 0.2) is 0 Å². The monoisotopic (exact) mass is 572 g/mol. The van der Waals surface area contributed by atoms with E-state index in [4.69, 9.17) is 0 Å². The molecule has 2 aliphatic rings. The van der Waals surface area contributed by atoms with Crippen molar-refractivity contribution in [1.29, 1.82) is 21.0 Å². The van der Waals surface area contributed by atoms with Gasteiger partial charge in [0.25, 0.3) is 0 Å². The SMILES string of the molecule is N#CC(C#N)=C1c2cc(-c3ccc(F)cc3)ccc2-c2c1sc1c2-c2ccc(-c3ccc(F)cc3)cc2C1=C(C#N)C#N. The highest BCUT2D eigenvalue weighted by atomic mass is 32.1. The zero-order chi connectivity index (χ0) is 29.8. The topological polar surface area (TPSA) is 95.2 Å². The van der Waals surface area contributed by atoms with Gasteiger partial charge in [0.05, 0.1) is 0 Å². The normalized spacial score (nSPS) is 11.8. The van der Waals surface area contributed by atoms with E-state index in [9.17, 15) is 29.8 Å². The minimum atomic E-state index is -0.348. The van der Waals surface area contributed by atoms with Gasteiger partial charge >= 0.3 is 0 Å². The maximum atomic E-state index is 13.6. The Hall–Kier alpha value is -6.12. The molecule has 1 aromatic heterocycles. The van der Waals surface area contributed by atoms with Crippen LogP contribution in [-0.2, 0) is 0 Å². The number of rotatable bonds is 2. The molecule has 0 amide bonds. The lowest BCUT2D eigenvalue weighted by Crippen LogP contribution is -1.89. The van der Waals surface area contributed by atoms with Crippen LogP contribution in [0, 0.1) is 57.0 Å². The van der Waals surface area contributed by atoms with Crippen LogP contribution in [0.15, 0.2) is 96.1 Å². The predicted molar refractivity (Wildman–Crippen MR) is 160 cm³/mol. The van der Waals surface area contributed by atoms with Crippen LogP contribution in [0.4, 0.5) is 8.78 Å². The van der Waals surface area contributed by atoms with E-state index in [1.807, 2.05) is 60.7 Å². The fourth-order valence-corrected chi connectivity index (χ4v) is 7.35. The Morgan fingerprint density at radius 2 is 0.814 bits per heavy atom. The Labute approximate surface area is 249 Å². The van der Waals surface area contributed by atoms with Crippen LogP contribution in [0.5, 0.6) is 0 Å². The number of benzene rings is 4. The van der Waals surface area contributed by atoms with Crippen molar-refractivity contribution < 1.29 is 8.78 Å². The van der Waals surface area contributed by atoms with E-state index in [1.165, 1.54) is 35.6 Å². The first-order valence-electron chi connectivity index (χ1n) is 13.0. The number of thiophene rings is 1. The van der Waals surface area contributed by atoms with Crippen LogP contribution in [-0.4, -0.2) is 0 Å². The molecule has 0 saturated carbocycles. The molecule has 0 spiro atoms. The van der Waals surface area contributed by atoms with Gasteiger partial charge in [-0.2, -0.15) is 21.0 Å². The molecule has 0 fully saturated rings. The average Bonchev–Trinajstić information content (AvgIpc) is 3.65. The molecule has 0 saturated heterocycles. The van der Waals surface area contributed by atoms with E-state index in [1.54, 1.807) is 24.3 Å². The van der Waals surface area contributed by atoms with Gasteiger partial charge in [-0.15, -0.1) is 11.3 Å². The second-order valence-corrected chi connectivity index (χ2v) is 11.0. The molecule has 7 heteroatoms. The van der Waals surface area contributed by atoms with Crippen LogP contribution in [0.25, 0.3) is 55.7 Å². The first-order valence-corrected chi connectivity index (χ1v) is 13.9. The third-order valence-corrected chi connectivity index (χ3v) is 9.01. The minimum Gasteiger partial charge on any atom is -0.207 e. The molecule has 7 rings (SSSR count). The fourth-order valence-electron chi connectivity index (χ4n) is 5.89. The molecule has 0 aliphatic heterocycles. The molecule has 198 valence electrons. The third-order valence-electron chi connectivity index (χ3n) is 7.78. The summed E-state index contributed by atoms with van der Waals surface area (Å²) in [5.41, 5.74) is 8.83. The second-order valence-electron chi connectivity index (χ2n) is 9.99. The number of hydrogen-bond donors (Lipinski definition) is 0. The highest BCUT2D eigenvalue weighted by Crippen LogP contribution is 2.61. The van der Waals surface area contributed by atoms with Crippen molar-refractivity contribution in [3.8, 4) is 68.8 Å². The molecule has 4 nitrogen and oxygen atoms in total. The smallest absolute Gasteiger partial charge is 0.138 e. The van der Waals surface area contributed by atoms with E-state index in [0.29, 0.717) is 22.3 Å². The van der Waals surface area contributed by atoms with Crippen LogP contribution >= 0.6 is 11.3 Å². The fraction of sp³-hybridized carbons (Fsp3) is 0. The molecule has 0 N–H and O–H groups in total. The highest BCUT2D eigenvalue weighted by molar-refractivity contribution is 7.16. The van der Waals surface area contributed by atoms with Gasteiger partial charge in [0.2, 0.25) is 0 Å². The second kappa shape index (κ2) is 9.76. The van der Waals surface area contributed by atoms with Crippen molar-refractivity contribution in [1.82, 2.24) is 0 Å². The summed E-state index contributed by atoms with van der Waals surface area (Å²) in [4.78, 5) is 1.44. The van der Waals surface area contributed by atoms with Crippen LogP contribution < -0.4 is 0 Å². The van der Waals surface area contributed by atoms with Crippen molar-refractivity contribution in [2.24, 2.45) is 0 Å². The van der Waals surface area contributed by atoms with Gasteiger partial charge in [0.1, 0.15) is 47.1 Å². The largest absolute Gasteiger partial charge is 0.207 e. The zero-order valence-electron chi connectivity index (χ0n) is 22.0. The van der Waals surface area contributed by atoms with Crippen molar-refractivity contribution >= 4 is 22.5 Å². The number of nitriles is 4. The summed E-state index contributed by atoms with van der Waals surface area (Å²) in [5.74, 6) is -0.697. The number of halogens is 2. The predicted octanol–water partition coefficient (Wildman–Crippen LogP) is 9.02. The maximum absolute atomic E-state index is 13.6. The molecule has 1 heterocycles. The van der Waals surface area contributed by atoms with Crippen LogP contribution in [0.3, 0.4) is 0 Å². The van der Waals surface area contributed by atoms with Gasteiger partial charge in [-0.3, -0.25) is 0 Å². The average molecular weight is 573 g/mol. The van der Waals surface area contributed by atoms with Crippen molar-refractivity contribution in [3.05, 3.63) is 129 Å². The summed E-state index contributed by atoms with van der Waals surface area (Å²) in [6.07, 6.45) is 0. The van der Waals surface area contributed by atoms with Crippen molar-refractivity contribution in [3.63, 3.8) is 0 Å². The number of fused-ring (bicyclic) bond motifs is 7. The van der Waals surface area contributed by atoms with Gasteiger partial charge in [0, 0.05) is 32.0 Å². The molecule has 0 radical (unpaired) electrons. The van der Waals surface area contributed by atoms with Gasteiger partial charge < -0.3 is 0 Å².